The van der Waals surface area contributed by atoms with Crippen molar-refractivity contribution in [1.82, 2.24) is 0 Å². The number of carbonyl (C=O) groups is 1. The summed E-state index contributed by atoms with van der Waals surface area (Å²) in [4.78, 5) is 8.36. The Balaban J connectivity index is 0.000000386. The molecule has 0 aromatic heterocycles. The second-order valence-electron chi connectivity index (χ2n) is 3.31. The first-order valence-corrected chi connectivity index (χ1v) is 4.99. The van der Waals surface area contributed by atoms with Gasteiger partial charge in [-0.25, -0.2) is 4.39 Å². The van der Waals surface area contributed by atoms with Gasteiger partial charge >= 0.3 is 0 Å². The Bertz CT molecular complexity index is 438. The van der Waals surface area contributed by atoms with Crippen LogP contribution in [-0.4, -0.2) is 11.6 Å². The van der Waals surface area contributed by atoms with Crippen molar-refractivity contribution in [2.75, 3.05) is 0 Å². The summed E-state index contributed by atoms with van der Waals surface area (Å²) in [5.74, 6) is -0.198. The molecule has 5 heteroatoms. The molecule has 0 spiro atoms. The van der Waals surface area contributed by atoms with Gasteiger partial charge in [0.1, 0.15) is 5.82 Å². The number of hydrogen-bond donors (Lipinski definition) is 1. The van der Waals surface area contributed by atoms with Gasteiger partial charge in [-0.15, -0.1) is 0 Å². The van der Waals surface area contributed by atoms with Crippen molar-refractivity contribution in [2.24, 2.45) is 0 Å². The van der Waals surface area contributed by atoms with E-state index in [-0.39, 0.29) is 17.4 Å². The molecule has 1 N–H and O–H groups in total. The molecule has 0 amide bonds. The van der Waals surface area contributed by atoms with Gasteiger partial charge in [-0.05, 0) is 30.9 Å². The van der Waals surface area contributed by atoms with Crippen molar-refractivity contribution in [3.63, 3.8) is 0 Å². The number of hydrogen-bond acceptors (Lipinski definition) is 2. The maximum atomic E-state index is 13.5. The van der Waals surface area contributed by atoms with Gasteiger partial charge in [0.05, 0.1) is 16.7 Å². The fourth-order valence-electron chi connectivity index (χ4n) is 1.43. The molecule has 1 aromatic carbocycles. The standard InChI is InChI=1S/C10H7ClFN.CH2O2/c11-8-4-3-7(5-13)9(10(8)12)6-1-2-6;2-1-3/h3-4,6H,1-2H2;1H,(H,2,3). The Hall–Kier alpha value is -1.60. The highest BCUT2D eigenvalue weighted by atomic mass is 35.5. The molecule has 3 nitrogen and oxygen atoms in total. The molecular weight excluding hydrogens is 233 g/mol. The Kier molecular flexibility index (Phi) is 4.27. The Morgan fingerprint density at radius 2 is 2.12 bits per heavy atom. The predicted molar refractivity (Wildman–Crippen MR) is 56.8 cm³/mol. The van der Waals surface area contributed by atoms with E-state index in [1.165, 1.54) is 6.07 Å². The van der Waals surface area contributed by atoms with E-state index < -0.39 is 5.82 Å². The largest absolute Gasteiger partial charge is 0.483 e. The molecule has 0 atom stereocenters. The number of rotatable bonds is 1. The van der Waals surface area contributed by atoms with E-state index in [0.717, 1.165) is 12.8 Å². The molecule has 0 saturated heterocycles. The quantitative estimate of drug-likeness (QED) is 0.769. The molecular formula is C11H9ClFNO2. The maximum Gasteiger partial charge on any atom is 0.290 e. The second kappa shape index (κ2) is 5.47. The van der Waals surface area contributed by atoms with Gasteiger partial charge in [-0.1, -0.05) is 11.6 Å². The molecule has 0 heterocycles. The van der Waals surface area contributed by atoms with Crippen LogP contribution in [0.5, 0.6) is 0 Å². The summed E-state index contributed by atoms with van der Waals surface area (Å²) >= 11 is 5.63. The van der Waals surface area contributed by atoms with E-state index in [0.29, 0.717) is 11.1 Å². The lowest BCUT2D eigenvalue weighted by Gasteiger charge is -2.04. The van der Waals surface area contributed by atoms with Gasteiger partial charge in [-0.2, -0.15) is 5.26 Å². The minimum absolute atomic E-state index is 0.112. The van der Waals surface area contributed by atoms with Crippen molar-refractivity contribution in [2.45, 2.75) is 18.8 Å². The summed E-state index contributed by atoms with van der Waals surface area (Å²) < 4.78 is 13.5. The number of carboxylic acid groups (broad SMARTS) is 1. The lowest BCUT2D eigenvalue weighted by Crippen LogP contribution is -1.93. The molecule has 1 saturated carbocycles. The van der Waals surface area contributed by atoms with Crippen LogP contribution in [0.15, 0.2) is 12.1 Å². The van der Waals surface area contributed by atoms with E-state index in [1.807, 2.05) is 6.07 Å². The van der Waals surface area contributed by atoms with Crippen LogP contribution < -0.4 is 0 Å². The lowest BCUT2D eigenvalue weighted by atomic mass is 10.0. The van der Waals surface area contributed by atoms with Gasteiger partial charge in [0, 0.05) is 5.56 Å². The third-order valence-electron chi connectivity index (χ3n) is 2.24. The van der Waals surface area contributed by atoms with Crippen LogP contribution in [0.3, 0.4) is 0 Å². The molecule has 2 rings (SSSR count). The summed E-state index contributed by atoms with van der Waals surface area (Å²) in [6.45, 7) is -0.250. The normalized spacial score (nSPS) is 13.3. The third kappa shape index (κ3) is 2.71. The molecule has 0 radical (unpaired) electrons. The minimum Gasteiger partial charge on any atom is -0.483 e. The molecule has 16 heavy (non-hydrogen) atoms. The summed E-state index contributed by atoms with van der Waals surface area (Å²) in [5.41, 5.74) is 0.930. The molecule has 1 aromatic rings. The van der Waals surface area contributed by atoms with E-state index in [2.05, 4.69) is 0 Å². The number of nitrogens with zero attached hydrogens (tertiary/aromatic N) is 1. The van der Waals surface area contributed by atoms with Gasteiger partial charge in [-0.3, -0.25) is 4.79 Å². The number of halogens is 2. The van der Waals surface area contributed by atoms with Crippen LogP contribution >= 0.6 is 11.6 Å². The molecule has 84 valence electrons. The highest BCUT2D eigenvalue weighted by molar-refractivity contribution is 6.30. The molecule has 1 fully saturated rings. The van der Waals surface area contributed by atoms with Crippen molar-refractivity contribution >= 4 is 18.1 Å². The first-order valence-electron chi connectivity index (χ1n) is 4.61. The average Bonchev–Trinajstić information content (AvgIpc) is 3.07. The van der Waals surface area contributed by atoms with Crippen molar-refractivity contribution in [3.05, 3.63) is 34.1 Å². The molecule has 1 aliphatic rings. The van der Waals surface area contributed by atoms with Crippen LogP contribution in [0.4, 0.5) is 4.39 Å². The Morgan fingerprint density at radius 3 is 2.56 bits per heavy atom. The van der Waals surface area contributed by atoms with Crippen molar-refractivity contribution in [1.29, 1.82) is 5.26 Å². The van der Waals surface area contributed by atoms with Gasteiger partial charge in [0.15, 0.2) is 0 Å². The first kappa shape index (κ1) is 12.5. The van der Waals surface area contributed by atoms with Crippen molar-refractivity contribution < 1.29 is 14.3 Å². The summed E-state index contributed by atoms with van der Waals surface area (Å²) in [7, 11) is 0. The molecule has 0 aliphatic heterocycles. The zero-order chi connectivity index (χ0) is 12.1. The van der Waals surface area contributed by atoms with Gasteiger partial charge < -0.3 is 5.11 Å². The predicted octanol–water partition coefficient (Wildman–Crippen LogP) is 2.93. The lowest BCUT2D eigenvalue weighted by molar-refractivity contribution is -0.122. The highest BCUT2D eigenvalue weighted by Gasteiger charge is 2.30. The van der Waals surface area contributed by atoms with E-state index in [4.69, 9.17) is 26.8 Å². The van der Waals surface area contributed by atoms with Crippen LogP contribution in [0.2, 0.25) is 5.02 Å². The third-order valence-corrected chi connectivity index (χ3v) is 2.53. The number of benzene rings is 1. The molecule has 0 bridgehead atoms. The summed E-state index contributed by atoms with van der Waals surface area (Å²) in [6, 6.07) is 5.00. The Labute approximate surface area is 97.1 Å². The average molecular weight is 242 g/mol. The SMILES string of the molecule is N#Cc1ccc(Cl)c(F)c1C1CC1.O=CO. The summed E-state index contributed by atoms with van der Waals surface area (Å²) in [6.07, 6.45) is 1.93. The highest BCUT2D eigenvalue weighted by Crippen LogP contribution is 2.44. The van der Waals surface area contributed by atoms with Crippen LogP contribution in [-0.2, 0) is 4.79 Å². The smallest absolute Gasteiger partial charge is 0.290 e. The van der Waals surface area contributed by atoms with E-state index in [1.54, 1.807) is 6.07 Å². The van der Waals surface area contributed by atoms with E-state index in [9.17, 15) is 4.39 Å². The Morgan fingerprint density at radius 1 is 1.56 bits per heavy atom. The second-order valence-corrected chi connectivity index (χ2v) is 3.72. The van der Waals surface area contributed by atoms with Crippen LogP contribution in [0.25, 0.3) is 0 Å². The monoisotopic (exact) mass is 241 g/mol. The zero-order valence-electron chi connectivity index (χ0n) is 8.28. The van der Waals surface area contributed by atoms with Crippen LogP contribution in [0, 0.1) is 17.1 Å². The van der Waals surface area contributed by atoms with Gasteiger partial charge in [0.25, 0.3) is 6.47 Å². The zero-order valence-corrected chi connectivity index (χ0v) is 9.04. The molecule has 1 aliphatic carbocycles. The maximum absolute atomic E-state index is 13.5. The van der Waals surface area contributed by atoms with Crippen molar-refractivity contribution in [3.8, 4) is 6.07 Å². The van der Waals surface area contributed by atoms with E-state index >= 15 is 0 Å². The fraction of sp³-hybridized carbons (Fsp3) is 0.273. The molecule has 0 unspecified atom stereocenters. The van der Waals surface area contributed by atoms with Crippen LogP contribution in [0.1, 0.15) is 29.9 Å². The summed E-state index contributed by atoms with van der Waals surface area (Å²) in [5, 5.41) is 15.8. The first-order chi connectivity index (χ1) is 7.65. The topological polar surface area (TPSA) is 61.1 Å². The van der Waals surface area contributed by atoms with Gasteiger partial charge in [0.2, 0.25) is 0 Å². The minimum atomic E-state index is -0.414. The fourth-order valence-corrected chi connectivity index (χ4v) is 1.60. The number of nitriles is 1.